The summed E-state index contributed by atoms with van der Waals surface area (Å²) in [6.07, 6.45) is 1.46. The Hall–Kier alpha value is -2.74. The van der Waals surface area contributed by atoms with Crippen molar-refractivity contribution in [2.75, 3.05) is 7.11 Å². The fourth-order valence-electron chi connectivity index (χ4n) is 2.31. The quantitative estimate of drug-likeness (QED) is 0.452. The van der Waals surface area contributed by atoms with Crippen LogP contribution in [0.1, 0.15) is 5.56 Å². The van der Waals surface area contributed by atoms with Gasteiger partial charge in [-0.2, -0.15) is 4.98 Å². The van der Waals surface area contributed by atoms with E-state index in [1.165, 1.54) is 19.5 Å². The Bertz CT molecular complexity index is 893. The number of aromatic amines is 1. The van der Waals surface area contributed by atoms with Gasteiger partial charge in [-0.05, 0) is 30.2 Å². The number of H-pyrrole nitrogens is 1. The second kappa shape index (κ2) is 5.23. The Morgan fingerprint density at radius 3 is 2.82 bits per heavy atom. The first-order valence-electron chi connectivity index (χ1n) is 6.21. The fraction of sp³-hybridized carbons (Fsp3) is 0.154. The molecule has 0 fully saturated rings. The highest BCUT2D eigenvalue weighted by molar-refractivity contribution is 6.28. The zero-order valence-electron chi connectivity index (χ0n) is 11.6. The van der Waals surface area contributed by atoms with Crippen molar-refractivity contribution in [1.29, 1.82) is 0 Å². The summed E-state index contributed by atoms with van der Waals surface area (Å²) in [5, 5.41) is 11.3. The van der Waals surface area contributed by atoms with Crippen molar-refractivity contribution in [3.8, 4) is 17.0 Å². The summed E-state index contributed by atoms with van der Waals surface area (Å²) in [4.78, 5) is 25.8. The first-order valence-corrected chi connectivity index (χ1v) is 6.59. The number of nitrogens with zero attached hydrogens (tertiary/aromatic N) is 4. The minimum atomic E-state index is -0.498. The molecule has 0 aliphatic heterocycles. The number of benzene rings is 1. The van der Waals surface area contributed by atoms with E-state index in [9.17, 15) is 10.1 Å². The van der Waals surface area contributed by atoms with Crippen molar-refractivity contribution in [2.24, 2.45) is 0 Å². The largest absolute Gasteiger partial charge is 0.490 e. The van der Waals surface area contributed by atoms with Gasteiger partial charge in [-0.3, -0.25) is 10.1 Å². The maximum atomic E-state index is 11.2. The van der Waals surface area contributed by atoms with Crippen LogP contribution in [0, 0.1) is 17.0 Å². The van der Waals surface area contributed by atoms with Crippen molar-refractivity contribution in [2.45, 2.75) is 6.92 Å². The molecule has 8 nitrogen and oxygen atoms in total. The number of nitro benzene ring substituents is 1. The monoisotopic (exact) mass is 319 g/mol. The highest BCUT2D eigenvalue weighted by Crippen LogP contribution is 2.36. The minimum Gasteiger partial charge on any atom is -0.490 e. The van der Waals surface area contributed by atoms with Gasteiger partial charge in [-0.25, -0.2) is 9.97 Å². The number of ether oxygens (including phenoxy) is 1. The number of fused-ring (bicyclic) bond motifs is 1. The molecule has 0 aliphatic rings. The van der Waals surface area contributed by atoms with E-state index in [-0.39, 0.29) is 16.7 Å². The van der Waals surface area contributed by atoms with Crippen LogP contribution >= 0.6 is 11.6 Å². The third kappa shape index (κ3) is 2.23. The Labute approximate surface area is 129 Å². The zero-order valence-corrected chi connectivity index (χ0v) is 12.4. The highest BCUT2D eigenvalue weighted by Gasteiger charge is 2.21. The normalized spacial score (nSPS) is 10.9. The number of aryl methyl sites for hydroxylation is 1. The summed E-state index contributed by atoms with van der Waals surface area (Å²) in [6.45, 7) is 1.72. The average Bonchev–Trinajstić information content (AvgIpc) is 2.93. The van der Waals surface area contributed by atoms with Crippen molar-refractivity contribution in [1.82, 2.24) is 19.9 Å². The lowest BCUT2D eigenvalue weighted by atomic mass is 10.1. The van der Waals surface area contributed by atoms with Crippen molar-refractivity contribution >= 4 is 28.5 Å². The number of halogens is 1. The summed E-state index contributed by atoms with van der Waals surface area (Å²) in [5.41, 5.74) is 2.41. The smallest absolute Gasteiger partial charge is 0.311 e. The molecule has 0 amide bonds. The summed E-state index contributed by atoms with van der Waals surface area (Å²) in [6, 6.07) is 3.13. The molecular weight excluding hydrogens is 310 g/mol. The average molecular weight is 320 g/mol. The van der Waals surface area contributed by atoms with Crippen LogP contribution in [-0.2, 0) is 0 Å². The van der Waals surface area contributed by atoms with E-state index >= 15 is 0 Å². The van der Waals surface area contributed by atoms with Crippen LogP contribution in [0.25, 0.3) is 22.4 Å². The Balaban J connectivity index is 2.31. The van der Waals surface area contributed by atoms with E-state index in [1.807, 2.05) is 0 Å². The molecule has 3 rings (SSSR count). The lowest BCUT2D eigenvalue weighted by Crippen LogP contribution is -1.98. The van der Waals surface area contributed by atoms with E-state index in [0.29, 0.717) is 28.0 Å². The van der Waals surface area contributed by atoms with Crippen LogP contribution in [0.5, 0.6) is 5.75 Å². The lowest BCUT2D eigenvalue weighted by molar-refractivity contribution is -0.385. The number of nitrogens with one attached hydrogen (secondary N) is 1. The summed E-state index contributed by atoms with van der Waals surface area (Å²) in [7, 11) is 1.39. The highest BCUT2D eigenvalue weighted by atomic mass is 35.5. The molecule has 9 heteroatoms. The molecular formula is C13H10ClN5O3. The molecule has 0 unspecified atom stereocenters. The molecule has 22 heavy (non-hydrogen) atoms. The maximum absolute atomic E-state index is 11.2. The second-order valence-electron chi connectivity index (χ2n) is 4.55. The van der Waals surface area contributed by atoms with Crippen molar-refractivity contribution < 1.29 is 9.66 Å². The first kappa shape index (κ1) is 14.2. The van der Waals surface area contributed by atoms with Gasteiger partial charge in [0.2, 0.25) is 5.28 Å². The number of methoxy groups -OCH3 is 1. The van der Waals surface area contributed by atoms with Gasteiger partial charge in [0.25, 0.3) is 0 Å². The molecule has 0 saturated carbocycles. The van der Waals surface area contributed by atoms with E-state index < -0.39 is 4.92 Å². The van der Waals surface area contributed by atoms with Gasteiger partial charge in [0.15, 0.2) is 11.4 Å². The van der Waals surface area contributed by atoms with Gasteiger partial charge in [-0.1, -0.05) is 0 Å². The van der Waals surface area contributed by atoms with Crippen LogP contribution in [-0.4, -0.2) is 32.0 Å². The summed E-state index contributed by atoms with van der Waals surface area (Å²) in [5.74, 6) is 0.217. The molecule has 2 aromatic heterocycles. The number of aromatic nitrogens is 4. The minimum absolute atomic E-state index is 0.0192. The van der Waals surface area contributed by atoms with Crippen molar-refractivity contribution in [3.63, 3.8) is 0 Å². The van der Waals surface area contributed by atoms with Gasteiger partial charge in [-0.15, -0.1) is 0 Å². The van der Waals surface area contributed by atoms with Crippen molar-refractivity contribution in [3.05, 3.63) is 39.4 Å². The SMILES string of the molecule is COc1c(C)cc(-c2nc(Cl)nc3nc[nH]c23)cc1[N+](=O)[O-]. The molecule has 0 aliphatic carbocycles. The molecule has 2 heterocycles. The van der Waals surface area contributed by atoms with Crippen LogP contribution in [0.4, 0.5) is 5.69 Å². The zero-order chi connectivity index (χ0) is 15.9. The predicted octanol–water partition coefficient (Wildman–Crippen LogP) is 2.90. The number of nitro groups is 1. The van der Waals surface area contributed by atoms with Gasteiger partial charge in [0.1, 0.15) is 11.2 Å². The van der Waals surface area contributed by atoms with Gasteiger partial charge < -0.3 is 9.72 Å². The van der Waals surface area contributed by atoms with E-state index in [1.54, 1.807) is 13.0 Å². The number of hydrogen-bond donors (Lipinski definition) is 1. The summed E-state index contributed by atoms with van der Waals surface area (Å²) < 4.78 is 5.10. The number of rotatable bonds is 3. The molecule has 0 saturated heterocycles. The van der Waals surface area contributed by atoms with E-state index in [0.717, 1.165) is 0 Å². The molecule has 1 N–H and O–H groups in total. The van der Waals surface area contributed by atoms with Crippen LogP contribution in [0.3, 0.4) is 0 Å². The molecule has 0 spiro atoms. The number of hydrogen-bond acceptors (Lipinski definition) is 6. The molecule has 0 atom stereocenters. The maximum Gasteiger partial charge on any atom is 0.311 e. The van der Waals surface area contributed by atoms with Gasteiger partial charge in [0.05, 0.1) is 18.4 Å². The standard InChI is InChI=1S/C13H10ClN5O3/c1-6-3-7(4-8(19(20)21)11(6)22-2)9-10-12(16-5-15-10)18-13(14)17-9/h3-5H,1-2H3,(H,15,16,17,18). The van der Waals surface area contributed by atoms with Gasteiger partial charge >= 0.3 is 5.69 Å². The van der Waals surface area contributed by atoms with E-state index in [2.05, 4.69) is 19.9 Å². The topological polar surface area (TPSA) is 107 Å². The molecule has 112 valence electrons. The molecule has 0 bridgehead atoms. The molecule has 0 radical (unpaired) electrons. The first-order chi connectivity index (χ1) is 10.5. The predicted molar refractivity (Wildman–Crippen MR) is 80.1 cm³/mol. The second-order valence-corrected chi connectivity index (χ2v) is 4.88. The van der Waals surface area contributed by atoms with Crippen LogP contribution in [0.15, 0.2) is 18.5 Å². The van der Waals surface area contributed by atoms with Crippen LogP contribution in [0.2, 0.25) is 5.28 Å². The third-order valence-electron chi connectivity index (χ3n) is 3.19. The number of imidazole rings is 1. The Kier molecular flexibility index (Phi) is 3.38. The third-order valence-corrected chi connectivity index (χ3v) is 3.36. The van der Waals surface area contributed by atoms with Crippen LogP contribution < -0.4 is 4.74 Å². The Morgan fingerprint density at radius 2 is 2.14 bits per heavy atom. The fourth-order valence-corrected chi connectivity index (χ4v) is 2.47. The Morgan fingerprint density at radius 1 is 1.36 bits per heavy atom. The lowest BCUT2D eigenvalue weighted by Gasteiger charge is -2.09. The van der Waals surface area contributed by atoms with E-state index in [4.69, 9.17) is 16.3 Å². The molecule has 1 aromatic carbocycles. The molecule has 3 aromatic rings. The summed E-state index contributed by atoms with van der Waals surface area (Å²) >= 11 is 5.90. The van der Waals surface area contributed by atoms with Gasteiger partial charge in [0, 0.05) is 11.6 Å².